The van der Waals surface area contributed by atoms with E-state index in [1.807, 2.05) is 12.3 Å². The van der Waals surface area contributed by atoms with E-state index in [4.69, 9.17) is 4.99 Å². The standard InChI is InChI=1S/C43H56N2O2/c1-40(2,3)34-24-30(38(46)36(26-34)41(4,5)6)28-44-22-23-45(11)29-31-25-35(42(7,8)32-18-14-12-15-19-32)27-37(39(31)47)43(9,10)33-20-16-13-17-21-33/h12-21,24-28,46-47H,22-23,29H2,1-11H3. The zero-order valence-electron chi connectivity index (χ0n) is 30.6. The van der Waals surface area contributed by atoms with Crippen LogP contribution >= 0.6 is 0 Å². The van der Waals surface area contributed by atoms with Crippen molar-refractivity contribution in [2.75, 3.05) is 20.1 Å². The smallest absolute Gasteiger partial charge is 0.128 e. The van der Waals surface area contributed by atoms with Crippen LogP contribution in [0.4, 0.5) is 0 Å². The van der Waals surface area contributed by atoms with Gasteiger partial charge in [0.25, 0.3) is 0 Å². The number of aromatic hydroxyl groups is 2. The summed E-state index contributed by atoms with van der Waals surface area (Å²) in [7, 11) is 2.07. The monoisotopic (exact) mass is 632 g/mol. The molecule has 4 aromatic rings. The number of phenols is 2. The lowest BCUT2D eigenvalue weighted by Crippen LogP contribution is -2.26. The molecule has 0 spiro atoms. The maximum absolute atomic E-state index is 11.8. The van der Waals surface area contributed by atoms with Gasteiger partial charge in [0.05, 0.1) is 6.54 Å². The quantitative estimate of drug-likeness (QED) is 0.171. The van der Waals surface area contributed by atoms with Crippen LogP contribution in [0.1, 0.15) is 114 Å². The molecule has 0 unspecified atom stereocenters. The summed E-state index contributed by atoms with van der Waals surface area (Å²) in [5.74, 6) is 0.652. The first-order valence-corrected chi connectivity index (χ1v) is 16.9. The number of rotatable bonds is 10. The van der Waals surface area contributed by atoms with Gasteiger partial charge >= 0.3 is 0 Å². The largest absolute Gasteiger partial charge is 0.507 e. The SMILES string of the molecule is CN(CCN=Cc1cc(C(C)(C)C)cc(C(C)(C)C)c1O)Cc1cc(C(C)(C)c2ccccc2)cc(C(C)(C)c2ccccc2)c1O. The average Bonchev–Trinajstić information content (AvgIpc) is 3.00. The van der Waals surface area contributed by atoms with Gasteiger partial charge in [0.1, 0.15) is 11.5 Å². The fraction of sp³-hybridized carbons (Fsp3) is 0.419. The molecule has 2 N–H and O–H groups in total. The lowest BCUT2D eigenvalue weighted by Gasteiger charge is -2.33. The highest BCUT2D eigenvalue weighted by Crippen LogP contribution is 2.43. The Hall–Kier alpha value is -3.89. The second-order valence-electron chi connectivity index (χ2n) is 16.2. The summed E-state index contributed by atoms with van der Waals surface area (Å²) in [5.41, 5.74) is 7.38. The van der Waals surface area contributed by atoms with E-state index in [9.17, 15) is 10.2 Å². The molecule has 0 aliphatic carbocycles. The van der Waals surface area contributed by atoms with Crippen molar-refractivity contribution >= 4 is 6.21 Å². The predicted octanol–water partition coefficient (Wildman–Crippen LogP) is 9.90. The lowest BCUT2D eigenvalue weighted by atomic mass is 9.72. The first kappa shape index (κ1) is 36.0. The van der Waals surface area contributed by atoms with Crippen molar-refractivity contribution in [1.29, 1.82) is 0 Å². The van der Waals surface area contributed by atoms with Crippen molar-refractivity contribution in [3.8, 4) is 11.5 Å². The van der Waals surface area contributed by atoms with E-state index in [0.29, 0.717) is 31.1 Å². The number of likely N-dealkylation sites (N-methyl/N-ethyl adjacent to an activating group) is 1. The first-order chi connectivity index (χ1) is 21.8. The normalized spacial score (nSPS) is 13.1. The van der Waals surface area contributed by atoms with Crippen molar-refractivity contribution in [3.63, 3.8) is 0 Å². The molecule has 4 nitrogen and oxygen atoms in total. The molecule has 0 aromatic heterocycles. The van der Waals surface area contributed by atoms with E-state index in [0.717, 1.165) is 27.8 Å². The fourth-order valence-electron chi connectivity index (χ4n) is 6.21. The number of nitrogens with zero attached hydrogens (tertiary/aromatic N) is 2. The van der Waals surface area contributed by atoms with Gasteiger partial charge in [0.2, 0.25) is 0 Å². The molecule has 0 aliphatic rings. The maximum Gasteiger partial charge on any atom is 0.128 e. The minimum Gasteiger partial charge on any atom is -0.507 e. The van der Waals surface area contributed by atoms with Gasteiger partial charge in [-0.05, 0) is 52.3 Å². The molecule has 0 atom stereocenters. The van der Waals surface area contributed by atoms with Crippen LogP contribution in [0, 0.1) is 0 Å². The Morgan fingerprint density at radius 2 is 1.13 bits per heavy atom. The van der Waals surface area contributed by atoms with Gasteiger partial charge in [-0.3, -0.25) is 4.99 Å². The van der Waals surface area contributed by atoms with Gasteiger partial charge < -0.3 is 15.1 Å². The number of phenolic OH excluding ortho intramolecular Hbond substituents is 2. The summed E-state index contributed by atoms with van der Waals surface area (Å²) in [6.07, 6.45) is 1.81. The van der Waals surface area contributed by atoms with E-state index in [-0.39, 0.29) is 16.2 Å². The van der Waals surface area contributed by atoms with Crippen molar-refractivity contribution in [3.05, 3.63) is 129 Å². The van der Waals surface area contributed by atoms with E-state index >= 15 is 0 Å². The predicted molar refractivity (Wildman–Crippen MR) is 200 cm³/mol. The Morgan fingerprint density at radius 3 is 1.66 bits per heavy atom. The molecule has 0 bridgehead atoms. The molecule has 4 aromatic carbocycles. The molecule has 47 heavy (non-hydrogen) atoms. The van der Waals surface area contributed by atoms with Crippen LogP contribution in [0.3, 0.4) is 0 Å². The minimum atomic E-state index is -0.402. The fourth-order valence-corrected chi connectivity index (χ4v) is 6.21. The second kappa shape index (κ2) is 13.7. The second-order valence-corrected chi connectivity index (χ2v) is 16.2. The molecule has 0 saturated heterocycles. The lowest BCUT2D eigenvalue weighted by molar-refractivity contribution is 0.327. The molecule has 4 rings (SSSR count). The molecule has 0 fully saturated rings. The Bertz CT molecular complexity index is 1690. The zero-order chi connectivity index (χ0) is 34.8. The highest BCUT2D eigenvalue weighted by atomic mass is 16.3. The summed E-state index contributed by atoms with van der Waals surface area (Å²) in [6.45, 7) is 23.7. The number of hydrogen-bond acceptors (Lipinski definition) is 4. The van der Waals surface area contributed by atoms with E-state index < -0.39 is 5.41 Å². The van der Waals surface area contributed by atoms with Crippen LogP contribution in [-0.2, 0) is 28.2 Å². The molecular weight excluding hydrogens is 576 g/mol. The van der Waals surface area contributed by atoms with Gasteiger partial charge in [-0.25, -0.2) is 0 Å². The summed E-state index contributed by atoms with van der Waals surface area (Å²) in [6, 6.07) is 29.6. The summed E-state index contributed by atoms with van der Waals surface area (Å²) < 4.78 is 0. The van der Waals surface area contributed by atoms with E-state index in [2.05, 4.69) is 160 Å². The van der Waals surface area contributed by atoms with Gasteiger partial charge in [-0.15, -0.1) is 0 Å². The topological polar surface area (TPSA) is 56.1 Å². The third-order valence-electron chi connectivity index (χ3n) is 9.67. The maximum atomic E-state index is 11.8. The van der Waals surface area contributed by atoms with Crippen molar-refractivity contribution < 1.29 is 10.2 Å². The zero-order valence-corrected chi connectivity index (χ0v) is 30.6. The third kappa shape index (κ3) is 8.16. The van der Waals surface area contributed by atoms with Gasteiger partial charge in [-0.1, -0.05) is 142 Å². The third-order valence-corrected chi connectivity index (χ3v) is 9.67. The van der Waals surface area contributed by atoms with Gasteiger partial charge in [0, 0.05) is 52.4 Å². The summed E-state index contributed by atoms with van der Waals surface area (Å²) >= 11 is 0. The molecule has 0 heterocycles. The molecule has 250 valence electrons. The van der Waals surface area contributed by atoms with Crippen molar-refractivity contribution in [2.24, 2.45) is 4.99 Å². The molecule has 0 amide bonds. The van der Waals surface area contributed by atoms with Gasteiger partial charge in [0.15, 0.2) is 0 Å². The molecular formula is C43H56N2O2. The Morgan fingerprint density at radius 1 is 0.596 bits per heavy atom. The highest BCUT2D eigenvalue weighted by Gasteiger charge is 2.32. The number of hydrogen-bond donors (Lipinski definition) is 2. The first-order valence-electron chi connectivity index (χ1n) is 16.9. The van der Waals surface area contributed by atoms with Crippen LogP contribution < -0.4 is 0 Å². The molecule has 0 saturated carbocycles. The molecule has 0 aliphatic heterocycles. The van der Waals surface area contributed by atoms with Crippen LogP contribution in [-0.4, -0.2) is 41.5 Å². The van der Waals surface area contributed by atoms with Crippen LogP contribution in [0.2, 0.25) is 0 Å². The van der Waals surface area contributed by atoms with Crippen LogP contribution in [0.25, 0.3) is 0 Å². The molecule has 4 heteroatoms. The Balaban J connectivity index is 1.63. The Kier molecular flexibility index (Phi) is 10.5. The number of benzene rings is 4. The van der Waals surface area contributed by atoms with Crippen LogP contribution in [0.5, 0.6) is 11.5 Å². The van der Waals surface area contributed by atoms with Crippen molar-refractivity contribution in [2.45, 2.75) is 97.4 Å². The number of aliphatic imine (C=N–C) groups is 1. The molecule has 0 radical (unpaired) electrons. The van der Waals surface area contributed by atoms with Crippen molar-refractivity contribution in [1.82, 2.24) is 4.90 Å². The Labute approximate surface area is 284 Å². The van der Waals surface area contributed by atoms with Gasteiger partial charge in [-0.2, -0.15) is 0 Å². The summed E-state index contributed by atoms with van der Waals surface area (Å²) in [5, 5.41) is 23.0. The van der Waals surface area contributed by atoms with Crippen LogP contribution in [0.15, 0.2) is 89.9 Å². The van der Waals surface area contributed by atoms with E-state index in [1.165, 1.54) is 16.7 Å². The average molecular weight is 633 g/mol. The minimum absolute atomic E-state index is 0.0456. The highest BCUT2D eigenvalue weighted by molar-refractivity contribution is 5.85. The van der Waals surface area contributed by atoms with E-state index in [1.54, 1.807) is 0 Å². The summed E-state index contributed by atoms with van der Waals surface area (Å²) in [4.78, 5) is 6.96.